The van der Waals surface area contributed by atoms with Gasteiger partial charge in [-0.05, 0) is 43.2 Å². The van der Waals surface area contributed by atoms with Crippen LogP contribution in [0.25, 0.3) is 10.6 Å². The smallest absolute Gasteiger partial charge is 0.227 e. The van der Waals surface area contributed by atoms with E-state index in [0.717, 1.165) is 24.2 Å². The van der Waals surface area contributed by atoms with Gasteiger partial charge in [-0.2, -0.15) is 0 Å². The van der Waals surface area contributed by atoms with Crippen LogP contribution >= 0.6 is 11.3 Å². The van der Waals surface area contributed by atoms with Crippen molar-refractivity contribution in [2.75, 3.05) is 19.0 Å². The molecule has 0 saturated carbocycles. The molecule has 0 bridgehead atoms. The quantitative estimate of drug-likeness (QED) is 0.456. The van der Waals surface area contributed by atoms with E-state index in [1.165, 1.54) is 11.3 Å². The van der Waals surface area contributed by atoms with Gasteiger partial charge in [-0.25, -0.2) is 0 Å². The predicted molar refractivity (Wildman–Crippen MR) is 134 cm³/mol. The molecule has 0 fully saturated rings. The van der Waals surface area contributed by atoms with Gasteiger partial charge in [-0.15, -0.1) is 10.2 Å². The molecule has 0 aliphatic heterocycles. The highest BCUT2D eigenvalue weighted by atomic mass is 32.1. The van der Waals surface area contributed by atoms with Gasteiger partial charge in [0, 0.05) is 31.0 Å². The molecular formula is C25H38N4O3S. The molecule has 33 heavy (non-hydrogen) atoms. The Morgan fingerprint density at radius 2 is 1.94 bits per heavy atom. The summed E-state index contributed by atoms with van der Waals surface area (Å²) in [6.07, 6.45) is 2.56. The first kappa shape index (κ1) is 26.8. The van der Waals surface area contributed by atoms with Crippen LogP contribution < -0.4 is 10.1 Å². The lowest BCUT2D eigenvalue weighted by atomic mass is 9.84. The van der Waals surface area contributed by atoms with E-state index in [4.69, 9.17) is 4.74 Å². The number of hydrogen-bond donors (Lipinski definition) is 1. The zero-order valence-corrected chi connectivity index (χ0v) is 21.8. The van der Waals surface area contributed by atoms with Crippen molar-refractivity contribution in [3.63, 3.8) is 0 Å². The van der Waals surface area contributed by atoms with E-state index in [1.807, 2.05) is 36.1 Å². The molecule has 7 nitrogen and oxygen atoms in total. The van der Waals surface area contributed by atoms with Crippen molar-refractivity contribution in [2.24, 2.45) is 11.3 Å². The molecule has 1 heterocycles. The van der Waals surface area contributed by atoms with Gasteiger partial charge in [0.15, 0.2) is 0 Å². The van der Waals surface area contributed by atoms with Gasteiger partial charge in [0.05, 0.1) is 7.11 Å². The lowest BCUT2D eigenvalue weighted by molar-refractivity contribution is -0.134. The summed E-state index contributed by atoms with van der Waals surface area (Å²) in [6, 6.07) is 7.64. The van der Waals surface area contributed by atoms with Gasteiger partial charge in [0.25, 0.3) is 0 Å². The summed E-state index contributed by atoms with van der Waals surface area (Å²) in [5.74, 6) is 0.978. The first-order valence-electron chi connectivity index (χ1n) is 11.6. The number of nitrogens with zero attached hydrogens (tertiary/aromatic N) is 3. The molecule has 2 rings (SSSR count). The molecule has 1 aromatic carbocycles. The Hall–Kier alpha value is -2.48. The number of methoxy groups -OCH3 is 1. The molecule has 8 heteroatoms. The fourth-order valence-electron chi connectivity index (χ4n) is 3.89. The second kappa shape index (κ2) is 12.1. The number of rotatable bonds is 11. The van der Waals surface area contributed by atoms with E-state index in [9.17, 15) is 9.59 Å². The molecule has 1 aromatic heterocycles. The van der Waals surface area contributed by atoms with Crippen LogP contribution in [-0.4, -0.2) is 46.6 Å². The maximum Gasteiger partial charge on any atom is 0.227 e. The maximum absolute atomic E-state index is 13.0. The number of nitrogens with one attached hydrogen (secondary N) is 1. The number of carbonyl (C=O) groups is 2. The monoisotopic (exact) mass is 474 g/mol. The molecule has 2 aromatic rings. The van der Waals surface area contributed by atoms with Crippen LogP contribution in [0, 0.1) is 11.3 Å². The molecule has 2 atom stereocenters. The Morgan fingerprint density at radius 3 is 2.58 bits per heavy atom. The van der Waals surface area contributed by atoms with E-state index in [1.54, 1.807) is 7.11 Å². The normalized spacial score (nSPS) is 13.3. The lowest BCUT2D eigenvalue weighted by Gasteiger charge is -2.31. The van der Waals surface area contributed by atoms with E-state index >= 15 is 0 Å². The van der Waals surface area contributed by atoms with Crippen LogP contribution in [0.3, 0.4) is 0 Å². The zero-order valence-electron chi connectivity index (χ0n) is 21.0. The number of benzene rings is 1. The minimum Gasteiger partial charge on any atom is -0.497 e. The summed E-state index contributed by atoms with van der Waals surface area (Å²) in [5, 5.41) is 12.2. The number of carbonyl (C=O) groups excluding carboxylic acids is 2. The van der Waals surface area contributed by atoms with Crippen molar-refractivity contribution >= 4 is 28.3 Å². The van der Waals surface area contributed by atoms with E-state index < -0.39 is 0 Å². The van der Waals surface area contributed by atoms with Crippen LogP contribution in [0.2, 0.25) is 0 Å². The standard InChI is InChI=1S/C25H38N4O3S/c1-8-18(3)29(22(31)14-17(2)16-25(4,5)6)13-12-21(30)26-24-28-27-23(33-24)19-10-9-11-20(15-19)32-7/h9-11,15,17-18H,8,12-14,16H2,1-7H3,(H,26,28,30)/t17-,18+/m0/s1. The average Bonchev–Trinajstić information content (AvgIpc) is 3.20. The number of anilines is 1. The highest BCUT2D eigenvalue weighted by Gasteiger charge is 2.24. The second-order valence-electron chi connectivity index (χ2n) is 9.86. The molecule has 0 aliphatic rings. The topological polar surface area (TPSA) is 84.4 Å². The molecule has 0 aliphatic carbocycles. The van der Waals surface area contributed by atoms with Crippen LogP contribution in [0.1, 0.15) is 67.2 Å². The van der Waals surface area contributed by atoms with E-state index in [0.29, 0.717) is 29.0 Å². The highest BCUT2D eigenvalue weighted by Crippen LogP contribution is 2.29. The molecule has 2 amide bonds. The van der Waals surface area contributed by atoms with Gasteiger partial charge < -0.3 is 15.0 Å². The summed E-state index contributed by atoms with van der Waals surface area (Å²) in [5.41, 5.74) is 1.07. The summed E-state index contributed by atoms with van der Waals surface area (Å²) >= 11 is 1.31. The van der Waals surface area contributed by atoms with Gasteiger partial charge >= 0.3 is 0 Å². The fraction of sp³-hybridized carbons (Fsp3) is 0.600. The third kappa shape index (κ3) is 8.76. The molecule has 0 spiro atoms. The van der Waals surface area contributed by atoms with Crippen molar-refractivity contribution in [1.82, 2.24) is 15.1 Å². The molecule has 182 valence electrons. The van der Waals surface area contributed by atoms with Crippen LogP contribution in [0.5, 0.6) is 5.75 Å². The maximum atomic E-state index is 13.0. The summed E-state index contributed by atoms with van der Waals surface area (Å²) in [6.45, 7) is 13.2. The van der Waals surface area contributed by atoms with Crippen molar-refractivity contribution in [3.05, 3.63) is 24.3 Å². The molecule has 0 unspecified atom stereocenters. The largest absolute Gasteiger partial charge is 0.497 e. The van der Waals surface area contributed by atoms with Gasteiger partial charge in [0.1, 0.15) is 10.8 Å². The third-order valence-corrected chi connectivity index (χ3v) is 6.38. The average molecular weight is 475 g/mol. The minimum atomic E-state index is -0.174. The fourth-order valence-corrected chi connectivity index (χ4v) is 4.65. The Labute approximate surface area is 201 Å². The van der Waals surface area contributed by atoms with E-state index in [2.05, 4.69) is 50.1 Å². The third-order valence-electron chi connectivity index (χ3n) is 5.49. The molecular weight excluding hydrogens is 436 g/mol. The molecule has 0 saturated heterocycles. The van der Waals surface area contributed by atoms with Crippen molar-refractivity contribution in [3.8, 4) is 16.3 Å². The van der Waals surface area contributed by atoms with Gasteiger partial charge in [-0.1, -0.05) is 58.1 Å². The van der Waals surface area contributed by atoms with Crippen molar-refractivity contribution in [1.29, 1.82) is 0 Å². The van der Waals surface area contributed by atoms with Crippen LogP contribution in [0.15, 0.2) is 24.3 Å². The Morgan fingerprint density at radius 1 is 1.21 bits per heavy atom. The Bertz CT molecular complexity index is 922. The lowest BCUT2D eigenvalue weighted by Crippen LogP contribution is -2.41. The molecule has 0 radical (unpaired) electrons. The van der Waals surface area contributed by atoms with Crippen LogP contribution in [-0.2, 0) is 9.59 Å². The van der Waals surface area contributed by atoms with Crippen LogP contribution in [0.4, 0.5) is 5.13 Å². The summed E-state index contributed by atoms with van der Waals surface area (Å²) in [4.78, 5) is 27.4. The second-order valence-corrected chi connectivity index (χ2v) is 10.8. The first-order chi connectivity index (χ1) is 15.5. The number of amides is 2. The summed E-state index contributed by atoms with van der Waals surface area (Å²) in [7, 11) is 1.61. The Kier molecular flexibility index (Phi) is 9.83. The number of aromatic nitrogens is 2. The Balaban J connectivity index is 1.95. The SMILES string of the molecule is CC[C@@H](C)N(CCC(=O)Nc1nnc(-c2cccc(OC)c2)s1)C(=O)C[C@H](C)CC(C)(C)C. The van der Waals surface area contributed by atoms with Gasteiger partial charge in [0.2, 0.25) is 16.9 Å². The number of ether oxygens (including phenoxy) is 1. The zero-order chi connectivity index (χ0) is 24.6. The highest BCUT2D eigenvalue weighted by molar-refractivity contribution is 7.18. The summed E-state index contributed by atoms with van der Waals surface area (Å²) < 4.78 is 5.25. The minimum absolute atomic E-state index is 0.0910. The number of hydrogen-bond acceptors (Lipinski definition) is 6. The van der Waals surface area contributed by atoms with Crippen molar-refractivity contribution in [2.45, 2.75) is 73.3 Å². The van der Waals surface area contributed by atoms with Crippen molar-refractivity contribution < 1.29 is 14.3 Å². The first-order valence-corrected chi connectivity index (χ1v) is 12.4. The van der Waals surface area contributed by atoms with E-state index in [-0.39, 0.29) is 29.7 Å². The molecule has 1 N–H and O–H groups in total. The predicted octanol–water partition coefficient (Wildman–Crippen LogP) is 5.63. The van der Waals surface area contributed by atoms with Gasteiger partial charge in [-0.3, -0.25) is 9.59 Å².